The molecule has 0 spiro atoms. The molecule has 0 N–H and O–H groups in total. The van der Waals surface area contributed by atoms with Gasteiger partial charge in [-0.05, 0) is 50.6 Å². The molecule has 2 rings (SSSR count). The van der Waals surface area contributed by atoms with Crippen LogP contribution in [0.5, 0.6) is 0 Å². The van der Waals surface area contributed by atoms with E-state index < -0.39 is 0 Å². The minimum Gasteiger partial charge on any atom is -0.310 e. The van der Waals surface area contributed by atoms with Crippen LogP contribution in [0.25, 0.3) is 12.2 Å². The maximum atomic E-state index is 4.01. The molecule has 0 aliphatic heterocycles. The van der Waals surface area contributed by atoms with Crippen molar-refractivity contribution in [2.75, 3.05) is 4.90 Å². The fraction of sp³-hybridized carbons (Fsp3) is 0.200. The SMILES string of the molecule is C=Cc1cccc(N(C(/C=C\C)=C/C)c2ccc(C)cc2)c1C=C.CC. The molecular formula is C25H31N. The Morgan fingerprint density at radius 2 is 1.58 bits per heavy atom. The van der Waals surface area contributed by atoms with Gasteiger partial charge in [-0.25, -0.2) is 0 Å². The topological polar surface area (TPSA) is 3.24 Å². The molecule has 136 valence electrons. The highest BCUT2D eigenvalue weighted by atomic mass is 15.1. The van der Waals surface area contributed by atoms with Gasteiger partial charge >= 0.3 is 0 Å². The van der Waals surface area contributed by atoms with E-state index in [9.17, 15) is 0 Å². The summed E-state index contributed by atoms with van der Waals surface area (Å²) in [5.74, 6) is 0. The Hall–Kier alpha value is -2.80. The largest absolute Gasteiger partial charge is 0.310 e. The van der Waals surface area contributed by atoms with E-state index in [0.717, 1.165) is 28.2 Å². The van der Waals surface area contributed by atoms with E-state index in [2.05, 4.69) is 92.6 Å². The summed E-state index contributed by atoms with van der Waals surface area (Å²) in [5, 5.41) is 0. The summed E-state index contributed by atoms with van der Waals surface area (Å²) in [4.78, 5) is 2.25. The molecule has 2 aromatic rings. The van der Waals surface area contributed by atoms with Gasteiger partial charge in [-0.3, -0.25) is 0 Å². The highest BCUT2D eigenvalue weighted by Crippen LogP contribution is 2.35. The normalized spacial score (nSPS) is 10.9. The quantitative estimate of drug-likeness (QED) is 0.480. The summed E-state index contributed by atoms with van der Waals surface area (Å²) in [6.45, 7) is 18.1. The monoisotopic (exact) mass is 345 g/mol. The van der Waals surface area contributed by atoms with Crippen LogP contribution in [0.2, 0.25) is 0 Å². The highest BCUT2D eigenvalue weighted by molar-refractivity contribution is 5.82. The van der Waals surface area contributed by atoms with Crippen molar-refractivity contribution in [3.8, 4) is 0 Å². The Bertz CT molecular complexity index is 776. The zero-order valence-electron chi connectivity index (χ0n) is 16.8. The first-order valence-electron chi connectivity index (χ1n) is 9.20. The molecule has 2 aromatic carbocycles. The van der Waals surface area contributed by atoms with E-state index in [1.807, 2.05) is 32.9 Å². The van der Waals surface area contributed by atoms with Gasteiger partial charge in [0.1, 0.15) is 0 Å². The molecular weight excluding hydrogens is 314 g/mol. The second kappa shape index (κ2) is 10.9. The summed E-state index contributed by atoms with van der Waals surface area (Å²) in [6, 6.07) is 14.8. The van der Waals surface area contributed by atoms with Crippen molar-refractivity contribution in [2.45, 2.75) is 34.6 Å². The summed E-state index contributed by atoms with van der Waals surface area (Å²) < 4.78 is 0. The van der Waals surface area contributed by atoms with Crippen LogP contribution in [0.4, 0.5) is 11.4 Å². The summed E-state index contributed by atoms with van der Waals surface area (Å²) in [5.41, 5.74) is 6.74. The van der Waals surface area contributed by atoms with Gasteiger partial charge in [0.15, 0.2) is 0 Å². The van der Waals surface area contributed by atoms with Crippen molar-refractivity contribution in [2.24, 2.45) is 0 Å². The van der Waals surface area contributed by atoms with E-state index in [0.29, 0.717) is 0 Å². The molecule has 0 aliphatic carbocycles. The Morgan fingerprint density at radius 3 is 2.08 bits per heavy atom. The number of allylic oxidation sites excluding steroid dienone is 3. The van der Waals surface area contributed by atoms with E-state index >= 15 is 0 Å². The molecule has 0 saturated heterocycles. The average Bonchev–Trinajstić information content (AvgIpc) is 2.70. The fourth-order valence-corrected chi connectivity index (χ4v) is 2.76. The van der Waals surface area contributed by atoms with Gasteiger partial charge in [-0.2, -0.15) is 0 Å². The zero-order chi connectivity index (χ0) is 19.5. The molecule has 0 saturated carbocycles. The summed E-state index contributed by atoms with van der Waals surface area (Å²) in [6.07, 6.45) is 10.1. The Labute approximate surface area is 159 Å². The lowest BCUT2D eigenvalue weighted by molar-refractivity contribution is 1.19. The third-order valence-corrected chi connectivity index (χ3v) is 3.97. The maximum absolute atomic E-state index is 4.01. The van der Waals surface area contributed by atoms with Crippen LogP contribution in [-0.2, 0) is 0 Å². The standard InChI is InChI=1S/C23H25N.C2H6/c1-6-11-20(8-3)24(21-16-14-18(5)15-17-21)23-13-10-12-19(7-2)22(23)9-4;1-2/h6-17H,2,4H2,1,3,5H3;1-2H3/b11-6-,20-8+;. The smallest absolute Gasteiger partial charge is 0.0539 e. The molecule has 0 bridgehead atoms. The van der Waals surface area contributed by atoms with Crippen LogP contribution in [0.15, 0.2) is 79.5 Å². The average molecular weight is 346 g/mol. The fourth-order valence-electron chi connectivity index (χ4n) is 2.76. The van der Waals surface area contributed by atoms with E-state index in [4.69, 9.17) is 0 Å². The van der Waals surface area contributed by atoms with Crippen LogP contribution < -0.4 is 4.90 Å². The lowest BCUT2D eigenvalue weighted by atomic mass is 10.0. The van der Waals surface area contributed by atoms with Gasteiger partial charge < -0.3 is 4.90 Å². The predicted molar refractivity (Wildman–Crippen MR) is 120 cm³/mol. The first-order chi connectivity index (χ1) is 12.7. The van der Waals surface area contributed by atoms with Gasteiger partial charge in [0.05, 0.1) is 5.69 Å². The van der Waals surface area contributed by atoms with Crippen molar-refractivity contribution >= 4 is 23.5 Å². The van der Waals surface area contributed by atoms with Crippen molar-refractivity contribution < 1.29 is 0 Å². The first kappa shape index (κ1) is 21.2. The predicted octanol–water partition coefficient (Wildman–Crippen LogP) is 7.93. The second-order valence-corrected chi connectivity index (χ2v) is 5.57. The zero-order valence-corrected chi connectivity index (χ0v) is 16.8. The van der Waals surface area contributed by atoms with Gasteiger partial charge in [-0.15, -0.1) is 0 Å². The van der Waals surface area contributed by atoms with Gasteiger partial charge in [0, 0.05) is 16.9 Å². The number of hydrogen-bond acceptors (Lipinski definition) is 1. The number of nitrogens with zero attached hydrogens (tertiary/aromatic N) is 1. The molecule has 0 unspecified atom stereocenters. The lowest BCUT2D eigenvalue weighted by Gasteiger charge is -2.28. The molecule has 0 amide bonds. The van der Waals surface area contributed by atoms with Gasteiger partial charge in [0.2, 0.25) is 0 Å². The van der Waals surface area contributed by atoms with E-state index in [1.54, 1.807) is 0 Å². The Kier molecular flexibility index (Phi) is 8.94. The molecule has 1 heteroatoms. The molecule has 0 heterocycles. The Balaban J connectivity index is 0.00000163. The molecule has 0 aliphatic rings. The van der Waals surface area contributed by atoms with Crippen LogP contribution in [0.3, 0.4) is 0 Å². The number of hydrogen-bond donors (Lipinski definition) is 0. The minimum atomic E-state index is 1.08. The lowest BCUT2D eigenvalue weighted by Crippen LogP contribution is -2.16. The first-order valence-corrected chi connectivity index (χ1v) is 9.20. The van der Waals surface area contributed by atoms with E-state index in [1.165, 1.54) is 5.56 Å². The van der Waals surface area contributed by atoms with Crippen molar-refractivity contribution in [3.05, 3.63) is 96.2 Å². The Morgan fingerprint density at radius 1 is 0.923 bits per heavy atom. The number of anilines is 2. The third-order valence-electron chi connectivity index (χ3n) is 3.97. The molecule has 26 heavy (non-hydrogen) atoms. The van der Waals surface area contributed by atoms with Crippen LogP contribution >= 0.6 is 0 Å². The molecule has 0 atom stereocenters. The molecule has 0 fully saturated rings. The number of benzene rings is 2. The van der Waals surface area contributed by atoms with Crippen molar-refractivity contribution in [1.29, 1.82) is 0 Å². The van der Waals surface area contributed by atoms with Crippen molar-refractivity contribution in [3.63, 3.8) is 0 Å². The highest BCUT2D eigenvalue weighted by Gasteiger charge is 2.16. The van der Waals surface area contributed by atoms with Crippen molar-refractivity contribution in [1.82, 2.24) is 0 Å². The number of rotatable bonds is 6. The van der Waals surface area contributed by atoms with Gasteiger partial charge in [-0.1, -0.05) is 81.1 Å². The van der Waals surface area contributed by atoms with Crippen LogP contribution in [-0.4, -0.2) is 0 Å². The second-order valence-electron chi connectivity index (χ2n) is 5.57. The third kappa shape index (κ3) is 4.86. The summed E-state index contributed by atoms with van der Waals surface area (Å²) in [7, 11) is 0. The van der Waals surface area contributed by atoms with Crippen LogP contribution in [0, 0.1) is 6.92 Å². The minimum absolute atomic E-state index is 1.08. The van der Waals surface area contributed by atoms with Gasteiger partial charge in [0.25, 0.3) is 0 Å². The van der Waals surface area contributed by atoms with E-state index in [-0.39, 0.29) is 0 Å². The molecule has 0 radical (unpaired) electrons. The van der Waals surface area contributed by atoms with Crippen LogP contribution in [0.1, 0.15) is 44.4 Å². The maximum Gasteiger partial charge on any atom is 0.0539 e. The number of aryl methyl sites for hydroxylation is 1. The summed E-state index contributed by atoms with van der Waals surface area (Å²) >= 11 is 0. The molecule has 0 aromatic heterocycles. The molecule has 1 nitrogen and oxygen atoms in total.